The third kappa shape index (κ3) is 3.59. The Balaban J connectivity index is 1.67. The number of ether oxygens (including phenoxy) is 1. The first-order valence-electron chi connectivity index (χ1n) is 9.15. The number of anilines is 1. The van der Waals surface area contributed by atoms with Crippen LogP contribution in [0.15, 0.2) is 60.9 Å². The normalized spacial score (nSPS) is 11.1. The molecule has 1 amide bonds. The van der Waals surface area contributed by atoms with Gasteiger partial charge in [-0.3, -0.25) is 14.3 Å². The lowest BCUT2D eigenvalue weighted by Crippen LogP contribution is -2.13. The molecule has 0 aliphatic heterocycles. The van der Waals surface area contributed by atoms with Crippen LogP contribution < -0.4 is 10.1 Å². The van der Waals surface area contributed by atoms with E-state index in [0.717, 1.165) is 5.56 Å². The van der Waals surface area contributed by atoms with Gasteiger partial charge in [-0.1, -0.05) is 0 Å². The van der Waals surface area contributed by atoms with Gasteiger partial charge in [0, 0.05) is 29.8 Å². The number of hydrogen-bond donors (Lipinski definition) is 1. The second-order valence-electron chi connectivity index (χ2n) is 6.65. The van der Waals surface area contributed by atoms with E-state index in [1.165, 1.54) is 17.9 Å². The summed E-state index contributed by atoms with van der Waals surface area (Å²) >= 11 is 0. The van der Waals surface area contributed by atoms with Crippen molar-refractivity contribution in [3.63, 3.8) is 0 Å². The van der Waals surface area contributed by atoms with Gasteiger partial charge < -0.3 is 10.1 Å². The fourth-order valence-corrected chi connectivity index (χ4v) is 3.22. The van der Waals surface area contributed by atoms with Crippen LogP contribution in [0.25, 0.3) is 16.7 Å². The molecule has 152 valence electrons. The highest BCUT2D eigenvalue weighted by atomic mass is 19.3. The number of carbonyl (C=O) groups is 1. The maximum absolute atomic E-state index is 13.6. The number of amides is 1. The average molecular weight is 408 g/mol. The van der Waals surface area contributed by atoms with E-state index in [1.54, 1.807) is 54.7 Å². The van der Waals surface area contributed by atoms with Crippen molar-refractivity contribution in [3.05, 3.63) is 77.9 Å². The molecule has 0 fully saturated rings. The number of methoxy groups -OCH3 is 1. The van der Waals surface area contributed by atoms with Crippen molar-refractivity contribution < 1.29 is 18.3 Å². The molecule has 1 N–H and O–H groups in total. The fourth-order valence-electron chi connectivity index (χ4n) is 3.22. The van der Waals surface area contributed by atoms with E-state index in [1.807, 2.05) is 6.92 Å². The summed E-state index contributed by atoms with van der Waals surface area (Å²) < 4.78 is 33.8. The van der Waals surface area contributed by atoms with Gasteiger partial charge in [0.25, 0.3) is 12.3 Å². The molecule has 0 saturated carbocycles. The number of pyridine rings is 1. The first-order valence-corrected chi connectivity index (χ1v) is 9.15. The third-order valence-corrected chi connectivity index (χ3v) is 4.75. The lowest BCUT2D eigenvalue weighted by molar-refractivity contribution is 0.102. The van der Waals surface area contributed by atoms with Crippen LogP contribution in [0, 0.1) is 6.92 Å². The van der Waals surface area contributed by atoms with Crippen molar-refractivity contribution in [1.82, 2.24) is 14.5 Å². The maximum atomic E-state index is 13.6. The number of imidazole rings is 1. The summed E-state index contributed by atoms with van der Waals surface area (Å²) in [5.41, 5.74) is 3.27. The molecule has 30 heavy (non-hydrogen) atoms. The molecular formula is C22H18F2N4O2. The van der Waals surface area contributed by atoms with Crippen molar-refractivity contribution in [2.75, 3.05) is 12.4 Å². The largest absolute Gasteiger partial charge is 0.497 e. The molecule has 6 nitrogen and oxygen atoms in total. The molecule has 8 heteroatoms. The van der Waals surface area contributed by atoms with Crippen LogP contribution in [0.5, 0.6) is 5.75 Å². The van der Waals surface area contributed by atoms with Crippen LogP contribution in [-0.2, 0) is 0 Å². The van der Waals surface area contributed by atoms with Crippen molar-refractivity contribution in [2.24, 2.45) is 0 Å². The topological polar surface area (TPSA) is 69.0 Å². The Morgan fingerprint density at radius 1 is 1.13 bits per heavy atom. The first kappa shape index (κ1) is 19.5. The number of carbonyl (C=O) groups excluding carboxylic acids is 1. The molecule has 2 heterocycles. The number of fused-ring (bicyclic) bond motifs is 1. The van der Waals surface area contributed by atoms with E-state index in [-0.39, 0.29) is 11.7 Å². The lowest BCUT2D eigenvalue weighted by atomic mass is 10.1. The molecule has 0 saturated heterocycles. The summed E-state index contributed by atoms with van der Waals surface area (Å²) in [6.07, 6.45) is 0.364. The number of hydrogen-bond acceptors (Lipinski definition) is 4. The number of alkyl halides is 2. The zero-order chi connectivity index (χ0) is 21.3. The Morgan fingerprint density at radius 2 is 1.90 bits per heavy atom. The first-order chi connectivity index (χ1) is 14.5. The summed E-state index contributed by atoms with van der Waals surface area (Å²) in [5, 5.41) is 2.79. The van der Waals surface area contributed by atoms with Crippen LogP contribution in [-0.4, -0.2) is 27.6 Å². The van der Waals surface area contributed by atoms with Crippen LogP contribution in [0.3, 0.4) is 0 Å². The zero-order valence-electron chi connectivity index (χ0n) is 16.3. The van der Waals surface area contributed by atoms with Gasteiger partial charge in [0.2, 0.25) is 0 Å². The van der Waals surface area contributed by atoms with Gasteiger partial charge in [-0.25, -0.2) is 13.8 Å². The molecule has 4 aromatic rings. The molecule has 2 aromatic heterocycles. The molecule has 0 aliphatic carbocycles. The van der Waals surface area contributed by atoms with E-state index in [9.17, 15) is 13.6 Å². The zero-order valence-corrected chi connectivity index (χ0v) is 16.3. The highest BCUT2D eigenvalue weighted by Crippen LogP contribution is 2.30. The summed E-state index contributed by atoms with van der Waals surface area (Å²) in [6, 6.07) is 13.4. The standard InChI is InChI=1S/C22H18F2N4O2/c1-13-9-10-25-12-17(13)22(29)26-14-3-5-15(6-4-14)28-19-8-7-16(30-2)11-18(19)27-21(28)20(23)24/h3-12,20H,1-2H3,(H,26,29). The quantitative estimate of drug-likeness (QED) is 0.509. The van der Waals surface area contributed by atoms with Gasteiger partial charge in [-0.05, 0) is 55.0 Å². The Labute approximate surface area is 171 Å². The van der Waals surface area contributed by atoms with Gasteiger partial charge >= 0.3 is 0 Å². The van der Waals surface area contributed by atoms with Crippen LogP contribution in [0.1, 0.15) is 28.2 Å². The summed E-state index contributed by atoms with van der Waals surface area (Å²) in [7, 11) is 1.51. The van der Waals surface area contributed by atoms with E-state index >= 15 is 0 Å². The number of rotatable bonds is 5. The van der Waals surface area contributed by atoms with Crippen molar-refractivity contribution in [2.45, 2.75) is 13.3 Å². The monoisotopic (exact) mass is 408 g/mol. The molecular weight excluding hydrogens is 390 g/mol. The second-order valence-corrected chi connectivity index (χ2v) is 6.65. The minimum absolute atomic E-state index is 0.290. The Kier molecular flexibility index (Phi) is 5.14. The van der Waals surface area contributed by atoms with E-state index in [0.29, 0.717) is 33.7 Å². The van der Waals surface area contributed by atoms with Gasteiger partial charge in [0.05, 0.1) is 23.7 Å². The van der Waals surface area contributed by atoms with Gasteiger partial charge in [-0.15, -0.1) is 0 Å². The highest BCUT2D eigenvalue weighted by Gasteiger charge is 2.20. The van der Waals surface area contributed by atoms with Crippen LogP contribution in [0.2, 0.25) is 0 Å². The number of nitrogens with zero attached hydrogens (tertiary/aromatic N) is 3. The lowest BCUT2D eigenvalue weighted by Gasteiger charge is -2.11. The van der Waals surface area contributed by atoms with E-state index in [4.69, 9.17) is 4.74 Å². The molecule has 4 rings (SSSR count). The Hall–Kier alpha value is -3.81. The summed E-state index contributed by atoms with van der Waals surface area (Å²) in [5.74, 6) is -0.112. The Morgan fingerprint density at radius 3 is 2.57 bits per heavy atom. The smallest absolute Gasteiger partial charge is 0.295 e. The minimum Gasteiger partial charge on any atom is -0.497 e. The van der Waals surface area contributed by atoms with Gasteiger partial charge in [-0.2, -0.15) is 0 Å². The van der Waals surface area contributed by atoms with Gasteiger partial charge in [0.1, 0.15) is 5.75 Å². The molecule has 0 spiro atoms. The van der Waals surface area contributed by atoms with Crippen molar-refractivity contribution >= 4 is 22.6 Å². The molecule has 0 atom stereocenters. The number of halogens is 2. The molecule has 0 radical (unpaired) electrons. The highest BCUT2D eigenvalue weighted by molar-refractivity contribution is 6.05. The molecule has 0 aliphatic rings. The minimum atomic E-state index is -2.75. The summed E-state index contributed by atoms with van der Waals surface area (Å²) in [6.45, 7) is 1.82. The predicted octanol–water partition coefficient (Wildman–Crippen LogP) is 4.93. The number of aromatic nitrogens is 3. The second kappa shape index (κ2) is 7.90. The van der Waals surface area contributed by atoms with E-state index in [2.05, 4.69) is 15.3 Å². The fraction of sp³-hybridized carbons (Fsp3) is 0.136. The van der Waals surface area contributed by atoms with E-state index < -0.39 is 6.43 Å². The summed E-state index contributed by atoms with van der Waals surface area (Å²) in [4.78, 5) is 20.5. The number of aryl methyl sites for hydroxylation is 1. The van der Waals surface area contributed by atoms with Crippen LogP contribution in [0.4, 0.5) is 14.5 Å². The SMILES string of the molecule is COc1ccc2c(c1)nc(C(F)F)n2-c1ccc(NC(=O)c2cnccc2C)cc1. The van der Waals surface area contributed by atoms with Crippen LogP contribution >= 0.6 is 0 Å². The van der Waals surface area contributed by atoms with Crippen molar-refractivity contribution in [3.8, 4) is 11.4 Å². The third-order valence-electron chi connectivity index (χ3n) is 4.75. The molecule has 0 bridgehead atoms. The Bertz CT molecular complexity index is 1220. The number of benzene rings is 2. The molecule has 2 aromatic carbocycles. The van der Waals surface area contributed by atoms with Crippen molar-refractivity contribution in [1.29, 1.82) is 0 Å². The molecule has 0 unspecified atom stereocenters. The maximum Gasteiger partial charge on any atom is 0.295 e. The predicted molar refractivity (Wildman–Crippen MR) is 110 cm³/mol. The average Bonchev–Trinajstić information content (AvgIpc) is 3.13. The van der Waals surface area contributed by atoms with Gasteiger partial charge in [0.15, 0.2) is 5.82 Å². The number of nitrogens with one attached hydrogen (secondary N) is 1.